The summed E-state index contributed by atoms with van der Waals surface area (Å²) in [5.41, 5.74) is -2.34. The van der Waals surface area contributed by atoms with E-state index >= 15 is 4.79 Å². The van der Waals surface area contributed by atoms with E-state index in [4.69, 9.17) is 23.1 Å². The van der Waals surface area contributed by atoms with Crippen LogP contribution in [0.3, 0.4) is 0 Å². The Balaban J connectivity index is 1.26. The summed E-state index contributed by atoms with van der Waals surface area (Å²) in [5, 5.41) is 3.42. The SMILES string of the molecule is COC(=O)C[C@]12C=C[C@H]3N(C(=O)OC(C)(C)C)c4c(cc([C@@]56CCN[C@]7(CCC(=O)N7c7c(OS(=O)(=O)c8ccc(C)cc8)cccc75)C6=O)c(OC)c4OC)[C@]34CCN(CCC1)[C@H]24. The maximum atomic E-state index is 16.0. The van der Waals surface area contributed by atoms with Crippen LogP contribution in [0.2, 0.25) is 0 Å². The molecular weight excluding hydrogens is 841 g/mol. The zero-order valence-corrected chi connectivity index (χ0v) is 38.1. The lowest BCUT2D eigenvalue weighted by Gasteiger charge is -2.56. The largest absolute Gasteiger partial charge is 0.492 e. The number of amides is 2. The van der Waals surface area contributed by atoms with E-state index in [1.54, 1.807) is 29.2 Å². The first kappa shape index (κ1) is 42.5. The highest BCUT2D eigenvalue weighted by Gasteiger charge is 2.71. The normalized spacial score (nSPS) is 29.9. The number of hydrogen-bond donors (Lipinski definition) is 1. The molecule has 4 saturated heterocycles. The van der Waals surface area contributed by atoms with Crippen molar-refractivity contribution >= 4 is 45.2 Å². The molecular formula is C48H54N4O11S. The number of anilines is 2. The van der Waals surface area contributed by atoms with Crippen LogP contribution in [0.5, 0.6) is 17.2 Å². The van der Waals surface area contributed by atoms with Crippen LogP contribution in [0.25, 0.3) is 0 Å². The molecule has 10 rings (SSSR count). The van der Waals surface area contributed by atoms with Crippen molar-refractivity contribution in [3.05, 3.63) is 82.9 Å². The first-order valence-corrected chi connectivity index (χ1v) is 23.4. The van der Waals surface area contributed by atoms with Gasteiger partial charge in [-0.25, -0.2) is 4.79 Å². The number of Topliss-reactive ketones (excluding diaryl/α,β-unsaturated/α-hetero) is 1. The zero-order valence-electron chi connectivity index (χ0n) is 37.2. The van der Waals surface area contributed by atoms with Crippen LogP contribution < -0.4 is 28.8 Å². The molecule has 64 heavy (non-hydrogen) atoms. The van der Waals surface area contributed by atoms with Gasteiger partial charge in [-0.1, -0.05) is 42.0 Å². The third-order valence-corrected chi connectivity index (χ3v) is 16.3. The van der Waals surface area contributed by atoms with Crippen LogP contribution in [0.1, 0.15) is 88.0 Å². The molecule has 2 amide bonds. The topological polar surface area (TPSA) is 170 Å². The lowest BCUT2D eigenvalue weighted by atomic mass is 9.54. The standard InChI is InChI=1S/C48H54N4O11S/c1-28-12-14-29(15-13-28)64(57,58)63-33-11-8-10-30-37(33)52-35(53)17-20-48(52)42(55)46(30,21-23-49-48)32-26-31-38(40(61-7)39(32)60-6)51(43(56)62-44(2,3)4)34-16-19-45(27-36(54)59-5)18-9-24-50-25-22-47(31,34)41(45)50/h8,10-16,19,26,34,41,49H,9,17-18,20-25,27H2,1-7H3/t34-,41-,45-,46-,47-,48+/m1/s1. The number of benzene rings is 3. The second-order valence-electron chi connectivity index (χ2n) is 19.4. The van der Waals surface area contributed by atoms with Gasteiger partial charge in [0.2, 0.25) is 5.91 Å². The number of fused-ring (bicyclic) bond motifs is 5. The Labute approximate surface area is 373 Å². The van der Waals surface area contributed by atoms with E-state index < -0.39 is 49.8 Å². The second-order valence-corrected chi connectivity index (χ2v) is 20.9. The summed E-state index contributed by atoms with van der Waals surface area (Å²) in [6, 6.07) is 12.4. The molecule has 6 atom stereocenters. The molecule has 1 aliphatic carbocycles. The van der Waals surface area contributed by atoms with Crippen LogP contribution in [0, 0.1) is 12.3 Å². The third kappa shape index (κ3) is 5.60. The molecule has 2 spiro atoms. The first-order chi connectivity index (χ1) is 30.4. The first-order valence-electron chi connectivity index (χ1n) is 22.0. The van der Waals surface area contributed by atoms with Crippen LogP contribution in [0.15, 0.2) is 65.6 Å². The number of nitrogens with one attached hydrogen (secondary N) is 1. The van der Waals surface area contributed by atoms with Gasteiger partial charge in [0.15, 0.2) is 28.7 Å². The average Bonchev–Trinajstić information content (AvgIpc) is 3.90. The fourth-order valence-electron chi connectivity index (χ4n) is 12.8. The van der Waals surface area contributed by atoms with E-state index in [2.05, 4.69) is 16.3 Å². The number of ketones is 1. The lowest BCUT2D eigenvalue weighted by molar-refractivity contribution is -0.145. The number of para-hydroxylation sites is 1. The zero-order chi connectivity index (χ0) is 45.4. The summed E-state index contributed by atoms with van der Waals surface area (Å²) < 4.78 is 58.3. The maximum absolute atomic E-state index is 16.0. The molecule has 2 bridgehead atoms. The summed E-state index contributed by atoms with van der Waals surface area (Å²) in [6.45, 7) is 9.08. The fraction of sp³-hybridized carbons (Fsp3) is 0.500. The van der Waals surface area contributed by atoms with Gasteiger partial charge in [-0.15, -0.1) is 0 Å². The Kier molecular flexibility index (Phi) is 9.48. The Morgan fingerprint density at radius 2 is 1.64 bits per heavy atom. The predicted octanol–water partition coefficient (Wildman–Crippen LogP) is 5.81. The van der Waals surface area contributed by atoms with Gasteiger partial charge in [0.05, 0.1) is 50.6 Å². The van der Waals surface area contributed by atoms with Crippen molar-refractivity contribution in [2.24, 2.45) is 5.41 Å². The van der Waals surface area contributed by atoms with E-state index in [9.17, 15) is 22.8 Å². The van der Waals surface area contributed by atoms with Crippen molar-refractivity contribution in [3.63, 3.8) is 0 Å². The van der Waals surface area contributed by atoms with Gasteiger partial charge in [-0.2, -0.15) is 8.42 Å². The summed E-state index contributed by atoms with van der Waals surface area (Å²) in [6.07, 6.45) is 6.25. The Morgan fingerprint density at radius 1 is 0.891 bits per heavy atom. The number of nitrogens with zero attached hydrogens (tertiary/aromatic N) is 3. The number of piperidine rings is 2. The smallest absolute Gasteiger partial charge is 0.415 e. The average molecular weight is 895 g/mol. The minimum absolute atomic E-state index is 0.0275. The molecule has 0 unspecified atom stereocenters. The van der Waals surface area contributed by atoms with Crippen LogP contribution in [-0.4, -0.2) is 101 Å². The van der Waals surface area contributed by atoms with Crippen LogP contribution in [0.4, 0.5) is 16.2 Å². The monoisotopic (exact) mass is 894 g/mol. The van der Waals surface area contributed by atoms with E-state index in [1.165, 1.54) is 44.4 Å². The van der Waals surface area contributed by atoms with E-state index in [-0.39, 0.29) is 77.2 Å². The van der Waals surface area contributed by atoms with Gasteiger partial charge >= 0.3 is 22.2 Å². The van der Waals surface area contributed by atoms with Gasteiger partial charge < -0.3 is 23.1 Å². The van der Waals surface area contributed by atoms with Crippen LogP contribution in [-0.2, 0) is 44.8 Å². The molecule has 1 N–H and O–H groups in total. The molecule has 0 saturated carbocycles. The number of aryl methyl sites for hydroxylation is 1. The van der Waals surface area contributed by atoms with Crippen molar-refractivity contribution < 1.29 is 50.7 Å². The molecule has 7 aliphatic rings. The van der Waals surface area contributed by atoms with Gasteiger partial charge in [0.25, 0.3) is 0 Å². The van der Waals surface area contributed by atoms with Crippen LogP contribution >= 0.6 is 0 Å². The summed E-state index contributed by atoms with van der Waals surface area (Å²) in [5.74, 6) is -0.646. The number of ether oxygens (including phenoxy) is 4. The summed E-state index contributed by atoms with van der Waals surface area (Å²) in [4.78, 5) is 63.7. The van der Waals surface area contributed by atoms with E-state index in [1.807, 2.05) is 39.8 Å². The van der Waals surface area contributed by atoms with Crippen molar-refractivity contribution in [2.75, 3.05) is 50.8 Å². The molecule has 4 fully saturated rings. The number of carbonyl (C=O) groups is 4. The van der Waals surface area contributed by atoms with Crippen molar-refractivity contribution in [3.8, 4) is 17.2 Å². The number of esters is 1. The Morgan fingerprint density at radius 3 is 2.34 bits per heavy atom. The lowest BCUT2D eigenvalue weighted by Crippen LogP contribution is -2.73. The molecule has 6 heterocycles. The minimum atomic E-state index is -4.42. The van der Waals surface area contributed by atoms with E-state index in [0.29, 0.717) is 36.3 Å². The Bertz CT molecular complexity index is 2680. The third-order valence-electron chi connectivity index (χ3n) is 15.0. The Hall–Kier alpha value is -5.45. The van der Waals surface area contributed by atoms with E-state index in [0.717, 1.165) is 30.5 Å². The number of carbonyl (C=O) groups excluding carboxylic acids is 4. The second kappa shape index (κ2) is 14.3. The molecule has 15 nitrogen and oxygen atoms in total. The quantitative estimate of drug-likeness (QED) is 0.163. The molecule has 16 heteroatoms. The van der Waals surface area contributed by atoms with Gasteiger partial charge in [-0.3, -0.25) is 34.4 Å². The summed E-state index contributed by atoms with van der Waals surface area (Å²) in [7, 11) is -0.0263. The van der Waals surface area contributed by atoms with Gasteiger partial charge in [0, 0.05) is 35.3 Å². The molecule has 3 aromatic rings. The maximum Gasteiger partial charge on any atom is 0.415 e. The predicted molar refractivity (Wildman–Crippen MR) is 234 cm³/mol. The number of rotatable bonds is 8. The van der Waals surface area contributed by atoms with Gasteiger partial charge in [-0.05, 0) is 108 Å². The van der Waals surface area contributed by atoms with Crippen molar-refractivity contribution in [1.29, 1.82) is 0 Å². The molecule has 0 radical (unpaired) electrons. The highest BCUT2D eigenvalue weighted by atomic mass is 32.2. The fourth-order valence-corrected chi connectivity index (χ4v) is 13.7. The van der Waals surface area contributed by atoms with Crippen molar-refractivity contribution in [1.82, 2.24) is 10.2 Å². The highest BCUT2D eigenvalue weighted by Crippen LogP contribution is 2.68. The van der Waals surface area contributed by atoms with Crippen molar-refractivity contribution in [2.45, 2.75) is 112 Å². The highest BCUT2D eigenvalue weighted by molar-refractivity contribution is 7.87. The summed E-state index contributed by atoms with van der Waals surface area (Å²) >= 11 is 0. The molecule has 338 valence electrons. The van der Waals surface area contributed by atoms with Gasteiger partial charge in [0.1, 0.15) is 10.5 Å². The molecule has 3 aromatic carbocycles. The molecule has 6 aliphatic heterocycles. The molecule has 0 aromatic heterocycles. The number of methoxy groups -OCH3 is 3. The minimum Gasteiger partial charge on any atom is -0.492 e. The number of hydrogen-bond acceptors (Lipinski definition) is 13.